The molecule has 0 aromatic carbocycles. The van der Waals surface area contributed by atoms with Gasteiger partial charge in [-0.05, 0) is 128 Å². The van der Waals surface area contributed by atoms with E-state index in [2.05, 4.69) is 54.9 Å². The van der Waals surface area contributed by atoms with Crippen molar-refractivity contribution >= 4 is 53.5 Å². The molecule has 0 aliphatic heterocycles. The lowest BCUT2D eigenvalue weighted by Gasteiger charge is -2.23. The molecule has 0 heterocycles. The van der Waals surface area contributed by atoms with Crippen molar-refractivity contribution in [3.8, 4) is 0 Å². The molecule has 0 radical (unpaired) electrons. The summed E-state index contributed by atoms with van der Waals surface area (Å²) in [6.07, 6.45) is 46.4. The molecule has 0 aromatic heterocycles. The first-order chi connectivity index (χ1) is 45.5. The molecule has 20 heteroatoms. The zero-order valence-corrected chi connectivity index (χ0v) is 60.4. The van der Waals surface area contributed by atoms with Crippen molar-refractivity contribution in [2.45, 2.75) is 311 Å². The predicted molar refractivity (Wildman–Crippen MR) is 382 cm³/mol. The number of rotatable bonds is 65. The topological polar surface area (TPSA) is 341 Å². The average molecular weight is 1360 g/mol. The van der Waals surface area contributed by atoms with E-state index < -0.39 is 59.7 Å². The van der Waals surface area contributed by atoms with Gasteiger partial charge in [-0.3, -0.25) is 43.2 Å². The molecule has 0 saturated heterocycles. The highest BCUT2D eigenvalue weighted by molar-refractivity contribution is 5.84. The fraction of sp³-hybridized carbons (Fsp3) is 0.776. The Morgan fingerprint density at radius 2 is 0.750 bits per heavy atom. The summed E-state index contributed by atoms with van der Waals surface area (Å²) in [7, 11) is 0. The van der Waals surface area contributed by atoms with E-state index in [0.717, 1.165) is 161 Å². The minimum atomic E-state index is -1.01. The number of ether oxygens (including phenoxy) is 3. The number of unbranched alkanes of at least 4 members (excludes halogenated alkanes) is 25. The SMILES string of the molecule is CCCCC/C=C\CC(/C=C/CCCCCCC(=O)OC(COC(=O)CCCCCCCCC(/C=C/CCCCCC)C(CC(=O)NCCC)C(=O)O)COC(=O)CCCCCCCC(/C=C/CCCCCCC)C(CC(=O)O)C(=O)NCC)C(CC(=O)NCC)C(=O)O.O.O. The molecular weight excluding hydrogens is 1230 g/mol. The molecule has 96 heavy (non-hydrogen) atoms. The first kappa shape index (κ1) is 94.3. The van der Waals surface area contributed by atoms with E-state index in [4.69, 9.17) is 14.2 Å². The number of carboxylic acids is 3. The van der Waals surface area contributed by atoms with Crippen LogP contribution in [0.25, 0.3) is 0 Å². The maximum absolute atomic E-state index is 13.2. The van der Waals surface area contributed by atoms with E-state index in [1.165, 1.54) is 19.3 Å². The zero-order chi connectivity index (χ0) is 69.7. The van der Waals surface area contributed by atoms with Crippen LogP contribution in [0.15, 0.2) is 48.6 Å². The fourth-order valence-corrected chi connectivity index (χ4v) is 11.6. The van der Waals surface area contributed by atoms with Crippen LogP contribution in [0.5, 0.6) is 0 Å². The second-order valence-electron chi connectivity index (χ2n) is 25.6. The first-order valence-corrected chi connectivity index (χ1v) is 37.1. The van der Waals surface area contributed by atoms with Crippen LogP contribution in [-0.4, -0.2) is 119 Å². The van der Waals surface area contributed by atoms with Gasteiger partial charge in [-0.2, -0.15) is 0 Å². The lowest BCUT2D eigenvalue weighted by Crippen LogP contribution is -2.36. The largest absolute Gasteiger partial charge is 0.481 e. The van der Waals surface area contributed by atoms with Crippen molar-refractivity contribution in [1.29, 1.82) is 0 Å². The van der Waals surface area contributed by atoms with Gasteiger partial charge in [-0.25, -0.2) is 0 Å². The van der Waals surface area contributed by atoms with Gasteiger partial charge in [0.15, 0.2) is 6.10 Å². The molecule has 0 fully saturated rings. The summed E-state index contributed by atoms with van der Waals surface area (Å²) in [4.78, 5) is 114. The molecule has 0 bridgehead atoms. The Balaban J connectivity index is -0.0000432. The number of nitrogens with one attached hydrogen (secondary N) is 3. The van der Waals surface area contributed by atoms with Crippen LogP contribution in [0.2, 0.25) is 0 Å². The summed E-state index contributed by atoms with van der Waals surface area (Å²) in [5.74, 6) is -8.26. The minimum Gasteiger partial charge on any atom is -0.481 e. The number of aliphatic carboxylic acids is 3. The summed E-state index contributed by atoms with van der Waals surface area (Å²) in [6, 6.07) is 0. The van der Waals surface area contributed by atoms with E-state index >= 15 is 0 Å². The van der Waals surface area contributed by atoms with E-state index in [1.54, 1.807) is 6.92 Å². The van der Waals surface area contributed by atoms with Gasteiger partial charge in [0.25, 0.3) is 0 Å². The van der Waals surface area contributed by atoms with E-state index in [1.807, 2.05) is 44.2 Å². The second kappa shape index (κ2) is 66.3. The molecule has 0 saturated carbocycles. The van der Waals surface area contributed by atoms with Gasteiger partial charge in [0.2, 0.25) is 17.7 Å². The van der Waals surface area contributed by atoms with Gasteiger partial charge in [-0.15, -0.1) is 0 Å². The highest BCUT2D eigenvalue weighted by Crippen LogP contribution is 2.28. The van der Waals surface area contributed by atoms with Crippen LogP contribution >= 0.6 is 0 Å². The average Bonchev–Trinajstić information content (AvgIpc) is 1.10. The number of hydrogen-bond acceptors (Lipinski definition) is 12. The number of amides is 3. The number of esters is 3. The predicted octanol–water partition coefficient (Wildman–Crippen LogP) is 15.0. The highest BCUT2D eigenvalue weighted by atomic mass is 16.6. The molecular formula is C76H135N3O17. The monoisotopic (exact) mass is 1360 g/mol. The van der Waals surface area contributed by atoms with Crippen LogP contribution < -0.4 is 16.0 Å². The van der Waals surface area contributed by atoms with Crippen molar-refractivity contribution in [2.75, 3.05) is 32.8 Å². The highest BCUT2D eigenvalue weighted by Gasteiger charge is 2.31. The van der Waals surface area contributed by atoms with E-state index in [0.29, 0.717) is 64.6 Å². The number of hydrogen-bond donors (Lipinski definition) is 6. The smallest absolute Gasteiger partial charge is 0.307 e. The quantitative estimate of drug-likeness (QED) is 0.0143. The lowest BCUT2D eigenvalue weighted by atomic mass is 9.84. The molecule has 7 unspecified atom stereocenters. The van der Waals surface area contributed by atoms with Crippen molar-refractivity contribution in [2.24, 2.45) is 35.5 Å². The van der Waals surface area contributed by atoms with Gasteiger partial charge >= 0.3 is 35.8 Å². The standard InChI is InChI=1S/C76H131N3O15.2H2O/c1-7-13-16-19-22-30-37-46-61(65(58-70(82)83)74(87)78-12-6)47-38-33-27-36-44-53-72(85)93-60-64(94-73(86)54-45-35-26-24-32-41-50-62(48-39-28-20-17-14-8-2)66(75(88)89)56-68(80)77-11-5)59-92-71(84)52-43-34-25-23-31-42-51-63(49-40-29-21-18-15-9-3)67(76(90)91)57-69(81)79-55-10-4;;/h28,37,39-41,46,49-50,61-67H,7-27,29-36,38,42-45,47-48,51-60H2,1-6H3,(H,77,80)(H,78,87)(H,79,81)(H,82,83)(H,88,89)(H,90,91);2*1H2/b39-28-,46-37+,49-40+,50-41+;;. The Kier molecular flexibility index (Phi) is 65.2. The molecule has 0 spiro atoms. The van der Waals surface area contributed by atoms with Crippen LogP contribution in [0.3, 0.4) is 0 Å². The number of allylic oxidation sites excluding steroid dienone is 8. The van der Waals surface area contributed by atoms with Crippen molar-refractivity contribution in [3.63, 3.8) is 0 Å². The first-order valence-electron chi connectivity index (χ1n) is 37.1. The summed E-state index contributed by atoms with van der Waals surface area (Å²) in [5, 5.41) is 38.3. The van der Waals surface area contributed by atoms with Crippen LogP contribution in [0.1, 0.15) is 305 Å². The molecule has 3 amide bonds. The van der Waals surface area contributed by atoms with Crippen LogP contribution in [0, 0.1) is 35.5 Å². The third-order valence-electron chi connectivity index (χ3n) is 17.2. The van der Waals surface area contributed by atoms with Crippen LogP contribution in [0.4, 0.5) is 0 Å². The number of carboxylic acid groups (broad SMARTS) is 3. The normalized spacial score (nSPS) is 13.6. The van der Waals surface area contributed by atoms with E-state index in [-0.39, 0.29) is 98.2 Å². The molecule has 0 aliphatic rings. The Labute approximate surface area is 578 Å². The summed E-state index contributed by atoms with van der Waals surface area (Å²) in [6.45, 7) is 12.9. The molecule has 0 aliphatic carbocycles. The molecule has 556 valence electrons. The zero-order valence-electron chi connectivity index (χ0n) is 60.4. The van der Waals surface area contributed by atoms with Gasteiger partial charge in [0, 0.05) is 51.7 Å². The fourth-order valence-electron chi connectivity index (χ4n) is 11.6. The molecule has 20 nitrogen and oxygen atoms in total. The number of carbonyl (C=O) groups is 9. The van der Waals surface area contributed by atoms with Gasteiger partial charge < -0.3 is 56.4 Å². The Morgan fingerprint density at radius 1 is 0.375 bits per heavy atom. The molecule has 0 rings (SSSR count). The second-order valence-corrected chi connectivity index (χ2v) is 25.6. The van der Waals surface area contributed by atoms with E-state index in [9.17, 15) is 58.5 Å². The molecule has 7 atom stereocenters. The number of carbonyl (C=O) groups excluding carboxylic acids is 6. The van der Waals surface area contributed by atoms with Crippen LogP contribution in [-0.2, 0) is 57.4 Å². The van der Waals surface area contributed by atoms with Crippen molar-refractivity contribution < 1.29 is 83.6 Å². The summed E-state index contributed by atoms with van der Waals surface area (Å²) >= 11 is 0. The van der Waals surface area contributed by atoms with Gasteiger partial charge in [0.05, 0.1) is 24.2 Å². The maximum atomic E-state index is 13.2. The summed E-state index contributed by atoms with van der Waals surface area (Å²) in [5.41, 5.74) is 0. The summed E-state index contributed by atoms with van der Waals surface area (Å²) < 4.78 is 17.0. The van der Waals surface area contributed by atoms with Crippen molar-refractivity contribution in [1.82, 2.24) is 16.0 Å². The van der Waals surface area contributed by atoms with Gasteiger partial charge in [-0.1, -0.05) is 205 Å². The van der Waals surface area contributed by atoms with Crippen molar-refractivity contribution in [3.05, 3.63) is 48.6 Å². The maximum Gasteiger partial charge on any atom is 0.307 e. The third kappa shape index (κ3) is 54.2. The Bertz CT molecular complexity index is 2150. The molecule has 0 aromatic rings. The van der Waals surface area contributed by atoms with Gasteiger partial charge in [0.1, 0.15) is 13.2 Å². The third-order valence-corrected chi connectivity index (χ3v) is 17.2. The lowest BCUT2D eigenvalue weighted by molar-refractivity contribution is -0.167. The molecule has 10 N–H and O–H groups in total. The Morgan fingerprint density at radius 3 is 1.21 bits per heavy atom. The minimum absolute atomic E-state index is 0. The Hall–Kier alpha value is -5.89.